The lowest BCUT2D eigenvalue weighted by molar-refractivity contribution is -0.119. The minimum absolute atomic E-state index is 0.0427. The number of nitrogens with one attached hydrogen (secondary N) is 1. The fourth-order valence-corrected chi connectivity index (χ4v) is 3.38. The van der Waals surface area contributed by atoms with E-state index in [9.17, 15) is 13.2 Å². The van der Waals surface area contributed by atoms with Gasteiger partial charge in [0.1, 0.15) is 10.6 Å². The molecule has 0 unspecified atom stereocenters. The lowest BCUT2D eigenvalue weighted by atomic mass is 10.1. The Kier molecular flexibility index (Phi) is 5.76. The molecule has 1 amide bonds. The van der Waals surface area contributed by atoms with E-state index >= 15 is 0 Å². The van der Waals surface area contributed by atoms with Gasteiger partial charge in [-0.05, 0) is 30.5 Å². The maximum absolute atomic E-state index is 12.2. The molecule has 0 saturated carbocycles. The molecule has 0 saturated heterocycles. The van der Waals surface area contributed by atoms with Crippen molar-refractivity contribution in [2.45, 2.75) is 24.2 Å². The van der Waals surface area contributed by atoms with E-state index in [0.29, 0.717) is 6.42 Å². The smallest absolute Gasteiger partial charge is 0.267 e. The second kappa shape index (κ2) is 7.78. The van der Waals surface area contributed by atoms with Crippen LogP contribution >= 0.6 is 0 Å². The highest BCUT2D eigenvalue weighted by Crippen LogP contribution is 2.22. The number of sulfonamides is 1. The number of carbonyl (C=O) groups is 1. The molecule has 0 aliphatic rings. The average molecular weight is 333 g/mol. The second-order valence-corrected chi connectivity index (χ2v) is 6.67. The number of rotatable bonds is 7. The number of aryl methyl sites for hydroxylation is 1. The van der Waals surface area contributed by atoms with Crippen LogP contribution in [0.1, 0.15) is 18.4 Å². The summed E-state index contributed by atoms with van der Waals surface area (Å²) in [5, 5.41) is 0. The molecule has 6 heteroatoms. The van der Waals surface area contributed by atoms with Crippen LogP contribution in [0, 0.1) is 0 Å². The van der Waals surface area contributed by atoms with Crippen LogP contribution in [0.15, 0.2) is 59.5 Å². The predicted octanol–water partition coefficient (Wildman–Crippen LogP) is 2.52. The monoisotopic (exact) mass is 333 g/mol. The standard InChI is InChI=1S/C17H19NO4S/c1-22-15-11-5-6-12-16(15)23(20,21)18-17(19)13-7-10-14-8-3-2-4-9-14/h2-6,8-9,11-12H,7,10,13H2,1H3,(H,18,19). The molecule has 2 aromatic carbocycles. The van der Waals surface area contributed by atoms with Gasteiger partial charge in [-0.15, -0.1) is 0 Å². The molecular formula is C17H19NO4S. The van der Waals surface area contributed by atoms with Gasteiger partial charge in [0.25, 0.3) is 10.0 Å². The fourth-order valence-electron chi connectivity index (χ4n) is 2.19. The summed E-state index contributed by atoms with van der Waals surface area (Å²) < 4.78 is 31.6. The Morgan fingerprint density at radius 1 is 1.04 bits per heavy atom. The van der Waals surface area contributed by atoms with E-state index in [-0.39, 0.29) is 17.1 Å². The molecule has 5 nitrogen and oxygen atoms in total. The van der Waals surface area contributed by atoms with Crippen LogP contribution in [0.4, 0.5) is 0 Å². The van der Waals surface area contributed by atoms with Gasteiger partial charge in [0.15, 0.2) is 0 Å². The zero-order chi connectivity index (χ0) is 16.7. The quantitative estimate of drug-likeness (QED) is 0.845. The van der Waals surface area contributed by atoms with Crippen molar-refractivity contribution in [3.63, 3.8) is 0 Å². The average Bonchev–Trinajstić information content (AvgIpc) is 2.55. The molecule has 0 spiro atoms. The molecule has 2 aromatic rings. The highest BCUT2D eigenvalue weighted by Gasteiger charge is 2.21. The van der Waals surface area contributed by atoms with E-state index in [1.807, 2.05) is 30.3 Å². The van der Waals surface area contributed by atoms with E-state index in [4.69, 9.17) is 4.74 Å². The van der Waals surface area contributed by atoms with Crippen molar-refractivity contribution in [1.29, 1.82) is 0 Å². The molecule has 2 rings (SSSR count). The first-order valence-corrected chi connectivity index (χ1v) is 8.74. The maximum Gasteiger partial charge on any atom is 0.267 e. The van der Waals surface area contributed by atoms with Crippen LogP contribution in [0.2, 0.25) is 0 Å². The molecule has 0 radical (unpaired) electrons. The third-order valence-electron chi connectivity index (χ3n) is 3.32. The van der Waals surface area contributed by atoms with Crippen molar-refractivity contribution < 1.29 is 17.9 Å². The molecule has 1 N–H and O–H groups in total. The Hall–Kier alpha value is -2.34. The number of methoxy groups -OCH3 is 1. The summed E-state index contributed by atoms with van der Waals surface area (Å²) in [7, 11) is -2.54. The van der Waals surface area contributed by atoms with Gasteiger partial charge in [-0.25, -0.2) is 13.1 Å². The third kappa shape index (κ3) is 4.82. The highest BCUT2D eigenvalue weighted by atomic mass is 32.2. The van der Waals surface area contributed by atoms with Crippen molar-refractivity contribution in [1.82, 2.24) is 4.72 Å². The van der Waals surface area contributed by atoms with Crippen molar-refractivity contribution in [3.05, 3.63) is 60.2 Å². The van der Waals surface area contributed by atoms with Gasteiger partial charge in [0, 0.05) is 6.42 Å². The lowest BCUT2D eigenvalue weighted by Crippen LogP contribution is -2.30. The van der Waals surface area contributed by atoms with E-state index in [2.05, 4.69) is 4.72 Å². The molecule has 0 atom stereocenters. The normalized spacial score (nSPS) is 11.0. The van der Waals surface area contributed by atoms with Crippen LogP contribution in [0.3, 0.4) is 0 Å². The van der Waals surface area contributed by atoms with E-state index < -0.39 is 15.9 Å². The number of ether oxygens (including phenoxy) is 1. The predicted molar refractivity (Wildman–Crippen MR) is 87.7 cm³/mol. The fraction of sp³-hybridized carbons (Fsp3) is 0.235. The second-order valence-electron chi connectivity index (χ2n) is 5.02. The topological polar surface area (TPSA) is 72.5 Å². The maximum atomic E-state index is 12.2. The Labute approximate surface area is 136 Å². The van der Waals surface area contributed by atoms with Gasteiger partial charge in [-0.2, -0.15) is 0 Å². The number of hydrogen-bond donors (Lipinski definition) is 1. The summed E-state index contributed by atoms with van der Waals surface area (Å²) in [5.74, 6) is -0.316. The first-order valence-electron chi connectivity index (χ1n) is 7.25. The number of benzene rings is 2. The summed E-state index contributed by atoms with van der Waals surface area (Å²) in [4.78, 5) is 11.8. The largest absolute Gasteiger partial charge is 0.495 e. The van der Waals surface area contributed by atoms with Crippen molar-refractivity contribution >= 4 is 15.9 Å². The molecule has 0 aromatic heterocycles. The van der Waals surface area contributed by atoms with Gasteiger partial charge in [0.05, 0.1) is 7.11 Å². The SMILES string of the molecule is COc1ccccc1S(=O)(=O)NC(=O)CCCc1ccccc1. The minimum Gasteiger partial charge on any atom is -0.495 e. The zero-order valence-corrected chi connectivity index (χ0v) is 13.7. The number of carbonyl (C=O) groups excluding carboxylic acids is 1. The molecular weight excluding hydrogens is 314 g/mol. The van der Waals surface area contributed by atoms with Crippen molar-refractivity contribution in [3.8, 4) is 5.75 Å². The number of para-hydroxylation sites is 1. The molecule has 0 bridgehead atoms. The Morgan fingerprint density at radius 2 is 1.70 bits per heavy atom. The van der Waals surface area contributed by atoms with Gasteiger partial charge in [0.2, 0.25) is 5.91 Å². The van der Waals surface area contributed by atoms with Gasteiger partial charge < -0.3 is 4.74 Å². The molecule has 122 valence electrons. The number of hydrogen-bond acceptors (Lipinski definition) is 4. The van der Waals surface area contributed by atoms with E-state index in [1.54, 1.807) is 12.1 Å². The Bertz CT molecular complexity index is 757. The lowest BCUT2D eigenvalue weighted by Gasteiger charge is -2.10. The summed E-state index contributed by atoms with van der Waals surface area (Å²) in [6, 6.07) is 15.9. The Morgan fingerprint density at radius 3 is 2.39 bits per heavy atom. The molecule has 0 aliphatic heterocycles. The molecule has 23 heavy (non-hydrogen) atoms. The van der Waals surface area contributed by atoms with Crippen molar-refractivity contribution in [2.75, 3.05) is 7.11 Å². The summed E-state index contributed by atoms with van der Waals surface area (Å²) >= 11 is 0. The first-order chi connectivity index (χ1) is 11.0. The summed E-state index contributed by atoms with van der Waals surface area (Å²) in [6.45, 7) is 0. The van der Waals surface area contributed by atoms with E-state index in [0.717, 1.165) is 12.0 Å². The molecule has 0 heterocycles. The Balaban J connectivity index is 1.93. The van der Waals surface area contributed by atoms with Crippen molar-refractivity contribution in [2.24, 2.45) is 0 Å². The third-order valence-corrected chi connectivity index (χ3v) is 4.73. The van der Waals surface area contributed by atoms with Crippen LogP contribution in [0.25, 0.3) is 0 Å². The van der Waals surface area contributed by atoms with Crippen LogP contribution in [-0.4, -0.2) is 21.4 Å². The first kappa shape index (κ1) is 17.0. The zero-order valence-electron chi connectivity index (χ0n) is 12.9. The summed E-state index contributed by atoms with van der Waals surface area (Å²) in [6.07, 6.45) is 1.45. The van der Waals surface area contributed by atoms with E-state index in [1.165, 1.54) is 19.2 Å². The highest BCUT2D eigenvalue weighted by molar-refractivity contribution is 7.90. The summed E-state index contributed by atoms with van der Waals surface area (Å²) in [5.41, 5.74) is 1.12. The van der Waals surface area contributed by atoms with Crippen LogP contribution < -0.4 is 9.46 Å². The van der Waals surface area contributed by atoms with Gasteiger partial charge in [-0.1, -0.05) is 42.5 Å². The molecule has 0 fully saturated rings. The number of amides is 1. The minimum atomic E-state index is -3.92. The van der Waals surface area contributed by atoms with Gasteiger partial charge in [-0.3, -0.25) is 4.79 Å². The molecule has 0 aliphatic carbocycles. The van der Waals surface area contributed by atoms with Crippen LogP contribution in [0.5, 0.6) is 5.75 Å². The van der Waals surface area contributed by atoms with Crippen LogP contribution in [-0.2, 0) is 21.2 Å². The van der Waals surface area contributed by atoms with Gasteiger partial charge >= 0.3 is 0 Å².